The van der Waals surface area contributed by atoms with E-state index in [0.717, 1.165) is 14.2 Å². The normalized spacial score (nSPS) is 9.86. The largest absolute Gasteiger partial charge is 0.496 e. The zero-order valence-corrected chi connectivity index (χ0v) is 12.6. The highest BCUT2D eigenvalue weighted by molar-refractivity contribution is 6.17. The van der Waals surface area contributed by atoms with Gasteiger partial charge in [0.2, 0.25) is 0 Å². The van der Waals surface area contributed by atoms with Crippen LogP contribution < -0.4 is 4.74 Å². The van der Waals surface area contributed by atoms with Gasteiger partial charge in [0.15, 0.2) is 0 Å². The molecule has 0 aromatic heterocycles. The average molecular weight is 310 g/mol. The standard InChI is InChI=1S/C15H18O7/c1-20-13-6-9(4-10(7-16)12(13)8-17)5-11(14(18)21-2)15(19)22-3/h4-6,16-17H,7-8H2,1-3H3. The van der Waals surface area contributed by atoms with E-state index in [1.165, 1.54) is 25.3 Å². The van der Waals surface area contributed by atoms with E-state index in [1.54, 1.807) is 0 Å². The SMILES string of the molecule is COC(=O)C(=Cc1cc(CO)c(CO)c(OC)c1)C(=O)OC. The third-order valence-corrected chi connectivity index (χ3v) is 2.99. The molecule has 1 aromatic rings. The first-order valence-corrected chi connectivity index (χ1v) is 6.32. The van der Waals surface area contributed by atoms with Crippen molar-refractivity contribution in [1.82, 2.24) is 0 Å². The molecule has 7 heteroatoms. The first-order chi connectivity index (χ1) is 10.5. The predicted molar refractivity (Wildman–Crippen MR) is 76.8 cm³/mol. The molecular formula is C15H18O7. The van der Waals surface area contributed by atoms with E-state index >= 15 is 0 Å². The Morgan fingerprint density at radius 1 is 1.05 bits per heavy atom. The molecule has 1 rings (SSSR count). The number of hydrogen-bond donors (Lipinski definition) is 2. The van der Waals surface area contributed by atoms with Crippen LogP contribution in [0.4, 0.5) is 0 Å². The zero-order chi connectivity index (χ0) is 16.7. The maximum absolute atomic E-state index is 11.6. The van der Waals surface area contributed by atoms with Gasteiger partial charge in [-0.25, -0.2) is 9.59 Å². The number of rotatable bonds is 6. The van der Waals surface area contributed by atoms with Crippen molar-refractivity contribution in [2.75, 3.05) is 21.3 Å². The van der Waals surface area contributed by atoms with Gasteiger partial charge in [-0.1, -0.05) is 0 Å². The lowest BCUT2D eigenvalue weighted by molar-refractivity contribution is -0.143. The van der Waals surface area contributed by atoms with E-state index in [2.05, 4.69) is 9.47 Å². The second-order valence-electron chi connectivity index (χ2n) is 4.22. The molecule has 120 valence electrons. The number of methoxy groups -OCH3 is 3. The molecule has 0 saturated heterocycles. The maximum Gasteiger partial charge on any atom is 0.345 e. The number of ether oxygens (including phenoxy) is 3. The van der Waals surface area contributed by atoms with Crippen LogP contribution in [0.3, 0.4) is 0 Å². The van der Waals surface area contributed by atoms with Crippen LogP contribution in [0, 0.1) is 0 Å². The van der Waals surface area contributed by atoms with Gasteiger partial charge in [0, 0.05) is 5.56 Å². The van der Waals surface area contributed by atoms with Gasteiger partial charge >= 0.3 is 11.9 Å². The highest BCUT2D eigenvalue weighted by Gasteiger charge is 2.20. The summed E-state index contributed by atoms with van der Waals surface area (Å²) in [5.41, 5.74) is 0.971. The number of hydrogen-bond acceptors (Lipinski definition) is 7. The summed E-state index contributed by atoms with van der Waals surface area (Å²) in [4.78, 5) is 23.3. The Balaban J connectivity index is 3.43. The molecule has 0 bridgehead atoms. The van der Waals surface area contributed by atoms with E-state index < -0.39 is 11.9 Å². The molecule has 0 spiro atoms. The molecule has 7 nitrogen and oxygen atoms in total. The molecule has 0 aliphatic heterocycles. The summed E-state index contributed by atoms with van der Waals surface area (Å²) in [6, 6.07) is 3.05. The first-order valence-electron chi connectivity index (χ1n) is 6.32. The van der Waals surface area contributed by atoms with E-state index in [0.29, 0.717) is 22.4 Å². The van der Waals surface area contributed by atoms with E-state index in [9.17, 15) is 19.8 Å². The van der Waals surface area contributed by atoms with Gasteiger partial charge < -0.3 is 24.4 Å². The van der Waals surface area contributed by atoms with Crippen LogP contribution in [0.2, 0.25) is 0 Å². The van der Waals surface area contributed by atoms with Crippen LogP contribution in [-0.2, 0) is 32.3 Å². The maximum atomic E-state index is 11.6. The number of esters is 2. The van der Waals surface area contributed by atoms with Crippen molar-refractivity contribution in [3.63, 3.8) is 0 Å². The smallest absolute Gasteiger partial charge is 0.345 e. The van der Waals surface area contributed by atoms with Crippen molar-refractivity contribution in [3.8, 4) is 5.75 Å². The van der Waals surface area contributed by atoms with Gasteiger partial charge in [-0.3, -0.25) is 0 Å². The third kappa shape index (κ3) is 3.84. The summed E-state index contributed by atoms with van der Waals surface area (Å²) < 4.78 is 14.2. The summed E-state index contributed by atoms with van der Waals surface area (Å²) >= 11 is 0. The number of aliphatic hydroxyl groups is 2. The molecule has 2 N–H and O–H groups in total. The highest BCUT2D eigenvalue weighted by atomic mass is 16.5. The molecular weight excluding hydrogens is 292 g/mol. The van der Waals surface area contributed by atoms with Crippen molar-refractivity contribution in [2.45, 2.75) is 13.2 Å². The highest BCUT2D eigenvalue weighted by Crippen LogP contribution is 2.26. The Kier molecular flexibility index (Phi) is 6.55. The molecule has 0 saturated carbocycles. The topological polar surface area (TPSA) is 102 Å². The van der Waals surface area contributed by atoms with Gasteiger partial charge in [0.05, 0.1) is 34.5 Å². The van der Waals surface area contributed by atoms with Crippen LogP contribution >= 0.6 is 0 Å². The van der Waals surface area contributed by atoms with Crippen molar-refractivity contribution in [2.24, 2.45) is 0 Å². The third-order valence-electron chi connectivity index (χ3n) is 2.99. The second kappa shape index (κ2) is 8.16. The molecule has 0 fully saturated rings. The summed E-state index contributed by atoms with van der Waals surface area (Å²) in [7, 11) is 3.70. The van der Waals surface area contributed by atoms with Crippen LogP contribution in [-0.4, -0.2) is 43.5 Å². The Bertz CT molecular complexity index is 547. The van der Waals surface area contributed by atoms with Gasteiger partial charge in [0.25, 0.3) is 0 Å². The predicted octanol–water partition coefficient (Wildman–Crippen LogP) is 0.409. The Hall–Kier alpha value is -2.38. The van der Waals surface area contributed by atoms with E-state index in [4.69, 9.17) is 4.74 Å². The van der Waals surface area contributed by atoms with Gasteiger partial charge in [0.1, 0.15) is 11.3 Å². The molecule has 0 heterocycles. The minimum Gasteiger partial charge on any atom is -0.496 e. The van der Waals surface area contributed by atoms with Crippen molar-refractivity contribution < 1.29 is 34.0 Å². The lowest BCUT2D eigenvalue weighted by Crippen LogP contribution is -2.15. The zero-order valence-electron chi connectivity index (χ0n) is 12.6. The minimum atomic E-state index is -0.845. The van der Waals surface area contributed by atoms with Crippen LogP contribution in [0.5, 0.6) is 5.75 Å². The van der Waals surface area contributed by atoms with E-state index in [1.807, 2.05) is 0 Å². The van der Waals surface area contributed by atoms with Gasteiger partial charge in [-0.05, 0) is 29.3 Å². The molecule has 0 atom stereocenters. The van der Waals surface area contributed by atoms with Gasteiger partial charge in [-0.15, -0.1) is 0 Å². The number of carbonyl (C=O) groups is 2. The second-order valence-corrected chi connectivity index (χ2v) is 4.22. The molecule has 22 heavy (non-hydrogen) atoms. The average Bonchev–Trinajstić information content (AvgIpc) is 2.56. The van der Waals surface area contributed by atoms with Gasteiger partial charge in [-0.2, -0.15) is 0 Å². The summed E-state index contributed by atoms with van der Waals surface area (Å²) in [6.45, 7) is -0.649. The number of benzene rings is 1. The fourth-order valence-electron chi connectivity index (χ4n) is 1.90. The molecule has 0 aliphatic carbocycles. The first kappa shape index (κ1) is 17.7. The minimum absolute atomic E-state index is 0.298. The lowest BCUT2D eigenvalue weighted by atomic mass is 10.0. The summed E-state index contributed by atoms with van der Waals surface area (Å²) in [6.07, 6.45) is 1.26. The molecule has 0 radical (unpaired) electrons. The quantitative estimate of drug-likeness (QED) is 0.339. The molecule has 1 aromatic carbocycles. The summed E-state index contributed by atoms with van der Waals surface area (Å²) in [5, 5.41) is 18.7. The monoisotopic (exact) mass is 310 g/mol. The Morgan fingerprint density at radius 2 is 1.64 bits per heavy atom. The van der Waals surface area contributed by atoms with Crippen LogP contribution in [0.15, 0.2) is 17.7 Å². The fraction of sp³-hybridized carbons (Fsp3) is 0.333. The Labute approximate surface area is 127 Å². The molecule has 0 unspecified atom stereocenters. The molecule has 0 aliphatic rings. The lowest BCUT2D eigenvalue weighted by Gasteiger charge is -2.12. The number of carbonyl (C=O) groups excluding carboxylic acids is 2. The Morgan fingerprint density at radius 3 is 2.05 bits per heavy atom. The molecule has 0 amide bonds. The van der Waals surface area contributed by atoms with Crippen molar-refractivity contribution >= 4 is 18.0 Å². The van der Waals surface area contributed by atoms with Crippen LogP contribution in [0.1, 0.15) is 16.7 Å². The van der Waals surface area contributed by atoms with Crippen molar-refractivity contribution in [1.29, 1.82) is 0 Å². The van der Waals surface area contributed by atoms with Crippen LogP contribution in [0.25, 0.3) is 6.08 Å². The fourth-order valence-corrected chi connectivity index (χ4v) is 1.90. The van der Waals surface area contributed by atoms with Crippen molar-refractivity contribution in [3.05, 3.63) is 34.4 Å². The number of aliphatic hydroxyl groups excluding tert-OH is 2. The van der Waals surface area contributed by atoms with E-state index in [-0.39, 0.29) is 18.8 Å². The summed E-state index contributed by atoms with van der Waals surface area (Å²) in [5.74, 6) is -1.36.